The summed E-state index contributed by atoms with van der Waals surface area (Å²) < 4.78 is 9.04. The van der Waals surface area contributed by atoms with Crippen molar-refractivity contribution < 1.29 is 19.4 Å². The minimum atomic E-state index is -2.12. The van der Waals surface area contributed by atoms with Crippen LogP contribution in [-0.2, 0) is 9.36 Å². The average Bonchev–Trinajstić information content (AvgIpc) is 1.65. The van der Waals surface area contributed by atoms with Crippen LogP contribution in [0.15, 0.2) is 0 Å². The molecule has 0 amide bonds. The lowest BCUT2D eigenvalue weighted by Crippen LogP contribution is -2.10. The van der Waals surface area contributed by atoms with E-state index in [0.29, 0.717) is 0 Å². The van der Waals surface area contributed by atoms with Crippen LogP contribution in [0.1, 0.15) is 0 Å². The van der Waals surface area contributed by atoms with Crippen molar-refractivity contribution in [3.63, 3.8) is 0 Å². The lowest BCUT2D eigenvalue weighted by molar-refractivity contribution is -0.135. The molecule has 0 aliphatic carbocycles. The highest BCUT2D eigenvalue weighted by molar-refractivity contribution is 7.36. The van der Waals surface area contributed by atoms with Gasteiger partial charge in [-0.2, -0.15) is 0 Å². The SMILES string of the molecule is C=P(=O)O.NCC(=O)O. The summed E-state index contributed by atoms with van der Waals surface area (Å²) in [4.78, 5) is 16.7. The minimum Gasteiger partial charge on any atom is -0.480 e. The van der Waals surface area contributed by atoms with E-state index in [1.54, 1.807) is 0 Å². The number of carboxylic acids is 1. The molecule has 0 saturated heterocycles. The standard InChI is InChI=1S/C2H5NO2.CH3O2P/c3-1-2(4)5;1-4(2)3/h1,3H2,(H,4,5);1H2,(H,2,3). The van der Waals surface area contributed by atoms with E-state index in [4.69, 9.17) is 14.6 Å². The second-order valence-electron chi connectivity index (χ2n) is 0.950. The first-order valence-electron chi connectivity index (χ1n) is 1.89. The maximum Gasteiger partial charge on any atom is 0.317 e. The fraction of sp³-hybridized carbons (Fsp3) is 0.333. The van der Waals surface area contributed by atoms with Crippen molar-refractivity contribution in [1.29, 1.82) is 0 Å². The van der Waals surface area contributed by atoms with Gasteiger partial charge in [-0.1, -0.05) is 0 Å². The van der Waals surface area contributed by atoms with Gasteiger partial charge in [0.25, 0.3) is 0 Å². The predicted octanol–water partition coefficient (Wildman–Crippen LogP) is -0.817. The second kappa shape index (κ2) is 7.36. The quantitative estimate of drug-likeness (QED) is 0.427. The van der Waals surface area contributed by atoms with E-state index in [1.807, 2.05) is 0 Å². The van der Waals surface area contributed by atoms with Crippen LogP contribution in [0.4, 0.5) is 0 Å². The van der Waals surface area contributed by atoms with Gasteiger partial charge < -0.3 is 15.7 Å². The van der Waals surface area contributed by atoms with E-state index in [1.165, 1.54) is 0 Å². The molecule has 9 heavy (non-hydrogen) atoms. The number of hydrogen-bond acceptors (Lipinski definition) is 3. The van der Waals surface area contributed by atoms with Crippen LogP contribution in [0.3, 0.4) is 0 Å². The number of aliphatic carboxylic acids is 1. The van der Waals surface area contributed by atoms with Gasteiger partial charge in [0.1, 0.15) is 0 Å². The first-order valence-corrected chi connectivity index (χ1v) is 3.29. The van der Waals surface area contributed by atoms with Crippen molar-refractivity contribution >= 4 is 19.9 Å². The molecule has 0 radical (unpaired) electrons. The van der Waals surface area contributed by atoms with E-state index in [-0.39, 0.29) is 6.54 Å². The second-order valence-corrected chi connectivity index (χ2v) is 1.65. The third-order valence-electron chi connectivity index (χ3n) is 0.175. The van der Waals surface area contributed by atoms with Crippen molar-refractivity contribution in [3.05, 3.63) is 0 Å². The molecule has 5 nitrogen and oxygen atoms in total. The molecule has 54 valence electrons. The lowest BCUT2D eigenvalue weighted by Gasteiger charge is -1.73. The summed E-state index contributed by atoms with van der Waals surface area (Å²) in [5, 5.41) is 7.60. The average molecular weight is 153 g/mol. The lowest BCUT2D eigenvalue weighted by atomic mass is 10.7. The third kappa shape index (κ3) is 114. The molecule has 0 aliphatic rings. The summed E-state index contributed by atoms with van der Waals surface area (Å²) in [7, 11) is -2.12. The van der Waals surface area contributed by atoms with Crippen molar-refractivity contribution in [2.75, 3.05) is 6.54 Å². The zero-order chi connectivity index (χ0) is 7.86. The van der Waals surface area contributed by atoms with Crippen LogP contribution in [0.5, 0.6) is 0 Å². The third-order valence-corrected chi connectivity index (χ3v) is 0.175. The smallest absolute Gasteiger partial charge is 0.317 e. The van der Waals surface area contributed by atoms with Crippen molar-refractivity contribution in [3.8, 4) is 0 Å². The van der Waals surface area contributed by atoms with Crippen LogP contribution < -0.4 is 5.73 Å². The Morgan fingerprint density at radius 3 is 1.89 bits per heavy atom. The summed E-state index contributed by atoms with van der Waals surface area (Å²) in [6, 6.07) is 0. The number of hydrogen-bond donors (Lipinski definition) is 3. The van der Waals surface area contributed by atoms with Gasteiger partial charge in [0.2, 0.25) is 7.65 Å². The monoisotopic (exact) mass is 153 g/mol. The summed E-state index contributed by atoms with van der Waals surface area (Å²) in [6.07, 6.45) is 2.70. The Bertz CT molecular complexity index is 133. The molecule has 0 spiro atoms. The molecule has 1 atom stereocenters. The number of carbonyl (C=O) groups is 1. The van der Waals surface area contributed by atoms with Gasteiger partial charge in [0.05, 0.1) is 6.54 Å². The number of carboxylic acid groups (broad SMARTS) is 1. The maximum atomic E-state index is 9.24. The molecule has 0 rings (SSSR count). The molecule has 0 heterocycles. The van der Waals surface area contributed by atoms with Gasteiger partial charge in [-0.3, -0.25) is 9.36 Å². The molecule has 0 aromatic heterocycles. The molecule has 0 aliphatic heterocycles. The van der Waals surface area contributed by atoms with Crippen LogP contribution >= 0.6 is 7.65 Å². The van der Waals surface area contributed by atoms with Gasteiger partial charge in [-0.15, -0.1) is 0 Å². The largest absolute Gasteiger partial charge is 0.480 e. The molecule has 4 N–H and O–H groups in total. The summed E-state index contributed by atoms with van der Waals surface area (Å²) in [6.45, 7) is -0.278. The Kier molecular flexibility index (Phi) is 9.16. The van der Waals surface area contributed by atoms with Crippen molar-refractivity contribution in [2.24, 2.45) is 5.73 Å². The highest BCUT2D eigenvalue weighted by Crippen LogP contribution is 1.83. The van der Waals surface area contributed by atoms with E-state index < -0.39 is 13.6 Å². The Balaban J connectivity index is 0. The fourth-order valence-electron chi connectivity index (χ4n) is 0. The molecule has 0 aromatic carbocycles. The Labute approximate surface area is 52.6 Å². The van der Waals surface area contributed by atoms with E-state index >= 15 is 0 Å². The van der Waals surface area contributed by atoms with Gasteiger partial charge in [0, 0.05) is 0 Å². The van der Waals surface area contributed by atoms with Gasteiger partial charge in [-0.05, 0) is 6.30 Å². The molecule has 0 saturated carbocycles. The van der Waals surface area contributed by atoms with Gasteiger partial charge in [-0.25, -0.2) is 0 Å². The predicted molar refractivity (Wildman–Crippen MR) is 33.6 cm³/mol. The molecular formula is C3H8NO4P. The molecule has 0 aromatic rings. The van der Waals surface area contributed by atoms with Crippen LogP contribution in [0, 0.1) is 0 Å². The molecule has 1 unspecified atom stereocenters. The first kappa shape index (κ1) is 11.2. The highest BCUT2D eigenvalue weighted by atomic mass is 31.1. The highest BCUT2D eigenvalue weighted by Gasteiger charge is 1.81. The topological polar surface area (TPSA) is 101 Å². The minimum absolute atomic E-state index is 0.278. The Morgan fingerprint density at radius 2 is 1.89 bits per heavy atom. The fourth-order valence-corrected chi connectivity index (χ4v) is 0. The molecule has 0 fully saturated rings. The van der Waals surface area contributed by atoms with Crippen LogP contribution in [0.2, 0.25) is 0 Å². The van der Waals surface area contributed by atoms with E-state index in [2.05, 4.69) is 12.0 Å². The molecule has 0 bridgehead atoms. The Morgan fingerprint density at radius 1 is 1.78 bits per heavy atom. The first-order chi connectivity index (χ1) is 4.00. The van der Waals surface area contributed by atoms with Crippen molar-refractivity contribution in [2.45, 2.75) is 0 Å². The zero-order valence-corrected chi connectivity index (χ0v) is 5.54. The summed E-state index contributed by atoms with van der Waals surface area (Å²) in [5.41, 5.74) is 4.57. The zero-order valence-electron chi connectivity index (χ0n) is 4.65. The Hall–Kier alpha value is -0.640. The molecule has 6 heteroatoms. The van der Waals surface area contributed by atoms with Gasteiger partial charge >= 0.3 is 5.97 Å². The number of rotatable bonds is 1. The summed E-state index contributed by atoms with van der Waals surface area (Å²) >= 11 is 0. The normalized spacial score (nSPS) is 8.89. The van der Waals surface area contributed by atoms with E-state index in [9.17, 15) is 4.79 Å². The maximum absolute atomic E-state index is 9.24. The number of nitrogens with two attached hydrogens (primary N) is 1. The molecular weight excluding hydrogens is 145 g/mol. The summed E-state index contributed by atoms with van der Waals surface area (Å²) in [5.74, 6) is -0.968. The van der Waals surface area contributed by atoms with Crippen LogP contribution in [-0.4, -0.2) is 28.8 Å². The van der Waals surface area contributed by atoms with Crippen molar-refractivity contribution in [1.82, 2.24) is 0 Å². The van der Waals surface area contributed by atoms with Crippen LogP contribution in [0.25, 0.3) is 0 Å². The van der Waals surface area contributed by atoms with E-state index in [0.717, 1.165) is 0 Å². The van der Waals surface area contributed by atoms with Gasteiger partial charge in [0.15, 0.2) is 0 Å².